The molecule has 0 fully saturated rings. The molecule has 0 radical (unpaired) electrons. The Bertz CT molecular complexity index is 492. The van der Waals surface area contributed by atoms with Crippen LogP contribution in [0.15, 0.2) is 0 Å². The Morgan fingerprint density at radius 3 is 1.15 bits per heavy atom. The Labute approximate surface area is 226 Å². The molecule has 0 aliphatic heterocycles. The van der Waals surface area contributed by atoms with E-state index in [1.54, 1.807) is 23.5 Å². The van der Waals surface area contributed by atoms with E-state index < -0.39 is 0 Å². The molecule has 0 heterocycles. The van der Waals surface area contributed by atoms with E-state index >= 15 is 0 Å². The lowest BCUT2D eigenvalue weighted by Gasteiger charge is -2.17. The third kappa shape index (κ3) is 23.5. The van der Waals surface area contributed by atoms with Crippen molar-refractivity contribution < 1.29 is 0 Å². The van der Waals surface area contributed by atoms with Crippen LogP contribution in [0.4, 0.5) is 0 Å². The van der Waals surface area contributed by atoms with Crippen molar-refractivity contribution in [3.63, 3.8) is 0 Å². The molecular weight excluding hydrogens is 473 g/mol. The molecule has 0 aromatic carbocycles. The molecule has 0 saturated heterocycles. The fraction of sp³-hybridized carbons (Fsp3) is 0.897. The molecule has 0 bridgehead atoms. The average Bonchev–Trinajstić information content (AvgIpc) is 2.82. The van der Waals surface area contributed by atoms with Gasteiger partial charge in [-0.2, -0.15) is 10.5 Å². The maximum atomic E-state index is 9.25. The Kier molecular flexibility index (Phi) is 27.2. The number of unbranched alkanes of at least 4 members (excludes halogenated alkanes) is 16. The van der Waals surface area contributed by atoms with Crippen molar-refractivity contribution in [3.05, 3.63) is 0 Å². The second-order valence-corrected chi connectivity index (χ2v) is 13.5. The summed E-state index contributed by atoms with van der Waals surface area (Å²) in [5, 5.41) is 19.1. The third-order valence-electron chi connectivity index (χ3n) is 6.42. The maximum Gasteiger partial charge on any atom is 0.104 e. The van der Waals surface area contributed by atoms with Gasteiger partial charge in [-0.25, -0.2) is 0 Å². The quantitative estimate of drug-likeness (QED) is 0.0927. The number of rotatable bonds is 24. The molecule has 0 N–H and O–H groups in total. The lowest BCUT2D eigenvalue weighted by Crippen LogP contribution is -2.08. The molecule has 0 rings (SSSR count). The van der Waals surface area contributed by atoms with Crippen molar-refractivity contribution in [1.29, 1.82) is 10.5 Å². The number of hydrogen-bond donors (Lipinski definition) is 0. The van der Waals surface area contributed by atoms with Gasteiger partial charge in [-0.1, -0.05) is 142 Å². The number of nitrogens with zero attached hydrogens (tertiary/aromatic N) is 2. The fourth-order valence-electron chi connectivity index (χ4n) is 4.27. The van der Waals surface area contributed by atoms with Gasteiger partial charge in [0.15, 0.2) is 0 Å². The third-order valence-corrected chi connectivity index (χ3v) is 9.43. The first-order chi connectivity index (χ1) is 16.7. The smallest absolute Gasteiger partial charge is 0.104 e. The highest BCUT2D eigenvalue weighted by Gasteiger charge is 2.17. The molecular formula is C29H52N2S3. The molecule has 34 heavy (non-hydrogen) atoms. The van der Waals surface area contributed by atoms with E-state index in [4.69, 9.17) is 12.2 Å². The lowest BCUT2D eigenvalue weighted by atomic mass is 10.1. The second kappa shape index (κ2) is 27.4. The topological polar surface area (TPSA) is 47.6 Å². The highest BCUT2D eigenvalue weighted by Crippen LogP contribution is 2.33. The first-order valence-electron chi connectivity index (χ1n) is 14.3. The minimum atomic E-state index is 0.310. The van der Waals surface area contributed by atoms with E-state index in [9.17, 15) is 10.5 Å². The summed E-state index contributed by atoms with van der Waals surface area (Å²) in [6.45, 7) is 4.53. The molecule has 196 valence electrons. The standard InChI is InChI=1S/C29H52N2S3/c1-3-5-7-9-11-13-15-17-19-21-27(23-25-30)33-29(32)34-28(24-26-31)22-20-18-16-14-12-10-8-6-4-2/h27-28H,3-24H2,1-2H3. The highest BCUT2D eigenvalue weighted by atomic mass is 32.2. The number of thiocarbonyl (C=S) groups is 1. The van der Waals surface area contributed by atoms with Crippen molar-refractivity contribution in [3.8, 4) is 12.1 Å². The summed E-state index contributed by atoms with van der Waals surface area (Å²) in [6.07, 6.45) is 27.2. The number of thioether (sulfide) groups is 2. The van der Waals surface area contributed by atoms with Crippen molar-refractivity contribution in [2.75, 3.05) is 0 Å². The van der Waals surface area contributed by atoms with Crippen LogP contribution in [0, 0.1) is 22.7 Å². The zero-order valence-electron chi connectivity index (χ0n) is 22.3. The van der Waals surface area contributed by atoms with Gasteiger partial charge in [-0.15, -0.1) is 23.5 Å². The van der Waals surface area contributed by atoms with Gasteiger partial charge >= 0.3 is 0 Å². The molecule has 0 aromatic heterocycles. The predicted molar refractivity (Wildman–Crippen MR) is 160 cm³/mol. The minimum Gasteiger partial charge on any atom is -0.198 e. The summed E-state index contributed by atoms with van der Waals surface area (Å²) >= 11 is 9.12. The van der Waals surface area contributed by atoms with Crippen LogP contribution in [0.25, 0.3) is 0 Å². The van der Waals surface area contributed by atoms with Crippen LogP contribution < -0.4 is 0 Å². The Morgan fingerprint density at radius 1 is 0.559 bits per heavy atom. The fourth-order valence-corrected chi connectivity index (χ4v) is 7.56. The van der Waals surface area contributed by atoms with E-state index in [0.717, 1.165) is 16.4 Å². The molecule has 0 aromatic rings. The molecule has 0 aliphatic rings. The van der Waals surface area contributed by atoms with Gasteiger partial charge in [-0.3, -0.25) is 0 Å². The van der Waals surface area contributed by atoms with Crippen LogP contribution in [0.1, 0.15) is 155 Å². The van der Waals surface area contributed by atoms with E-state index in [2.05, 4.69) is 26.0 Å². The molecule has 2 unspecified atom stereocenters. The first kappa shape index (κ1) is 33.8. The molecule has 0 saturated carbocycles. The van der Waals surface area contributed by atoms with Crippen molar-refractivity contribution in [1.82, 2.24) is 0 Å². The number of nitriles is 2. The van der Waals surface area contributed by atoms with Gasteiger partial charge in [0.25, 0.3) is 0 Å². The van der Waals surface area contributed by atoms with Crippen LogP contribution in [0.5, 0.6) is 0 Å². The van der Waals surface area contributed by atoms with Crippen LogP contribution in [0.3, 0.4) is 0 Å². The van der Waals surface area contributed by atoms with Crippen LogP contribution in [-0.2, 0) is 0 Å². The zero-order valence-corrected chi connectivity index (χ0v) is 24.8. The molecule has 2 nitrogen and oxygen atoms in total. The van der Waals surface area contributed by atoms with E-state index in [-0.39, 0.29) is 0 Å². The van der Waals surface area contributed by atoms with Crippen molar-refractivity contribution in [2.45, 2.75) is 166 Å². The normalized spacial score (nSPS) is 12.7. The summed E-state index contributed by atoms with van der Waals surface area (Å²) in [7, 11) is 0. The highest BCUT2D eigenvalue weighted by molar-refractivity contribution is 8.47. The van der Waals surface area contributed by atoms with Crippen molar-refractivity contribution in [2.24, 2.45) is 0 Å². The Balaban J connectivity index is 4.03. The Hall–Kier alpha value is -0.230. The van der Waals surface area contributed by atoms with E-state index in [1.165, 1.54) is 116 Å². The number of hydrogen-bond acceptors (Lipinski definition) is 5. The molecule has 0 aliphatic carbocycles. The van der Waals surface area contributed by atoms with Crippen LogP contribution in [0.2, 0.25) is 0 Å². The van der Waals surface area contributed by atoms with Gasteiger partial charge in [0.1, 0.15) is 3.53 Å². The predicted octanol–water partition coefficient (Wildman–Crippen LogP) is 11.1. The molecule has 5 heteroatoms. The SMILES string of the molecule is CCCCCCCCCCCC(CC#N)SC(=S)SC(CC#N)CCCCCCCCCCC. The van der Waals surface area contributed by atoms with Gasteiger partial charge in [0.05, 0.1) is 12.1 Å². The second-order valence-electron chi connectivity index (χ2n) is 9.69. The van der Waals surface area contributed by atoms with Crippen LogP contribution >= 0.6 is 35.7 Å². The van der Waals surface area contributed by atoms with Gasteiger partial charge in [0.2, 0.25) is 0 Å². The molecule has 2 atom stereocenters. The summed E-state index contributed by atoms with van der Waals surface area (Å²) in [5.41, 5.74) is 0. The zero-order chi connectivity index (χ0) is 25.1. The monoisotopic (exact) mass is 524 g/mol. The summed E-state index contributed by atoms with van der Waals surface area (Å²) < 4.78 is 0.937. The van der Waals surface area contributed by atoms with Gasteiger partial charge < -0.3 is 0 Å². The lowest BCUT2D eigenvalue weighted by molar-refractivity contribution is 0.553. The molecule has 0 amide bonds. The van der Waals surface area contributed by atoms with Crippen molar-refractivity contribution >= 4 is 39.3 Å². The minimum absolute atomic E-state index is 0.310. The van der Waals surface area contributed by atoms with Crippen LogP contribution in [-0.4, -0.2) is 14.0 Å². The summed E-state index contributed by atoms with van der Waals surface area (Å²) in [6, 6.07) is 4.72. The van der Waals surface area contributed by atoms with E-state index in [0.29, 0.717) is 23.3 Å². The van der Waals surface area contributed by atoms with E-state index in [1.807, 2.05) is 0 Å². The largest absolute Gasteiger partial charge is 0.198 e. The van der Waals surface area contributed by atoms with Gasteiger partial charge in [0, 0.05) is 23.3 Å². The maximum absolute atomic E-state index is 9.25. The summed E-state index contributed by atoms with van der Waals surface area (Å²) in [5.74, 6) is 0. The first-order valence-corrected chi connectivity index (χ1v) is 16.5. The van der Waals surface area contributed by atoms with Gasteiger partial charge in [-0.05, 0) is 12.8 Å². The Morgan fingerprint density at radius 2 is 0.853 bits per heavy atom. The summed E-state index contributed by atoms with van der Waals surface area (Å²) in [4.78, 5) is 0. The molecule has 0 spiro atoms. The average molecular weight is 525 g/mol.